The van der Waals surface area contributed by atoms with E-state index in [-0.39, 0.29) is 0 Å². The van der Waals surface area contributed by atoms with E-state index in [1.165, 1.54) is 34.0 Å². The zero-order chi connectivity index (χ0) is 13.1. The molecule has 0 bridgehead atoms. The number of hydrogen-bond acceptors (Lipinski definition) is 1. The number of benzene rings is 2. The minimum absolute atomic E-state index is 0.544. The van der Waals surface area contributed by atoms with E-state index in [2.05, 4.69) is 59.0 Å². The summed E-state index contributed by atoms with van der Waals surface area (Å²) in [4.78, 5) is 0. The molecule has 0 amide bonds. The van der Waals surface area contributed by atoms with Gasteiger partial charge in [0.1, 0.15) is 5.75 Å². The molecule has 0 saturated heterocycles. The van der Waals surface area contributed by atoms with Crippen molar-refractivity contribution < 1.29 is 4.74 Å². The number of aryl methyl sites for hydroxylation is 1. The summed E-state index contributed by atoms with van der Waals surface area (Å²) in [5.74, 6) is 1.53. The van der Waals surface area contributed by atoms with Crippen LogP contribution in [0.4, 0.5) is 0 Å². The van der Waals surface area contributed by atoms with Crippen molar-refractivity contribution in [1.29, 1.82) is 0 Å². The molecule has 0 spiro atoms. The standard InChI is InChI=1S/C17H17IO/c18-15-8-4-9-16(11-15)19-12-14-7-3-6-13-5-1-2-10-17(13)14/h1-2,4-5,8-11,14H,3,6-7,12H2. The number of fused-ring (bicyclic) bond motifs is 1. The van der Waals surface area contributed by atoms with Gasteiger partial charge in [-0.1, -0.05) is 30.3 Å². The van der Waals surface area contributed by atoms with E-state index in [1.807, 2.05) is 12.1 Å². The van der Waals surface area contributed by atoms with E-state index >= 15 is 0 Å². The molecule has 19 heavy (non-hydrogen) atoms. The Balaban J connectivity index is 1.71. The summed E-state index contributed by atoms with van der Waals surface area (Å²) in [5, 5.41) is 0. The summed E-state index contributed by atoms with van der Waals surface area (Å²) in [7, 11) is 0. The van der Waals surface area contributed by atoms with Crippen molar-refractivity contribution in [2.45, 2.75) is 25.2 Å². The molecule has 3 rings (SSSR count). The lowest BCUT2D eigenvalue weighted by Gasteiger charge is -2.25. The summed E-state index contributed by atoms with van der Waals surface area (Å²) in [6.07, 6.45) is 3.73. The van der Waals surface area contributed by atoms with Crippen LogP contribution in [0.3, 0.4) is 0 Å². The van der Waals surface area contributed by atoms with Crippen LogP contribution in [-0.2, 0) is 6.42 Å². The highest BCUT2D eigenvalue weighted by atomic mass is 127. The van der Waals surface area contributed by atoms with Gasteiger partial charge in [0.2, 0.25) is 0 Å². The Kier molecular flexibility index (Phi) is 4.06. The Morgan fingerprint density at radius 1 is 1.11 bits per heavy atom. The van der Waals surface area contributed by atoms with Crippen LogP contribution < -0.4 is 4.74 Å². The molecule has 0 aliphatic heterocycles. The average Bonchev–Trinajstić information content (AvgIpc) is 2.45. The van der Waals surface area contributed by atoms with Gasteiger partial charge in [-0.3, -0.25) is 0 Å². The van der Waals surface area contributed by atoms with Gasteiger partial charge in [0.25, 0.3) is 0 Å². The molecule has 0 saturated carbocycles. The first-order valence-electron chi connectivity index (χ1n) is 6.79. The van der Waals surface area contributed by atoms with Gasteiger partial charge in [0.15, 0.2) is 0 Å². The van der Waals surface area contributed by atoms with Crippen LogP contribution in [-0.4, -0.2) is 6.61 Å². The maximum atomic E-state index is 5.98. The molecule has 2 aromatic carbocycles. The molecule has 0 heterocycles. The zero-order valence-corrected chi connectivity index (χ0v) is 13.0. The topological polar surface area (TPSA) is 9.23 Å². The fourth-order valence-corrected chi connectivity index (χ4v) is 3.30. The molecule has 1 atom stereocenters. The van der Waals surface area contributed by atoms with Crippen molar-refractivity contribution in [3.63, 3.8) is 0 Å². The third kappa shape index (κ3) is 3.11. The number of rotatable bonds is 3. The van der Waals surface area contributed by atoms with Crippen molar-refractivity contribution in [2.75, 3.05) is 6.61 Å². The van der Waals surface area contributed by atoms with Gasteiger partial charge in [-0.05, 0) is 71.2 Å². The largest absolute Gasteiger partial charge is 0.493 e. The SMILES string of the molecule is Ic1cccc(OCC2CCCc3ccccc32)c1. The molecular weight excluding hydrogens is 347 g/mol. The fourth-order valence-electron chi connectivity index (χ4n) is 2.78. The highest BCUT2D eigenvalue weighted by molar-refractivity contribution is 14.1. The molecular formula is C17H17IO. The van der Waals surface area contributed by atoms with Crippen LogP contribution in [0.25, 0.3) is 0 Å². The Bertz CT molecular complexity index is 565. The van der Waals surface area contributed by atoms with Crippen LogP contribution in [0.2, 0.25) is 0 Å². The summed E-state index contributed by atoms with van der Waals surface area (Å²) < 4.78 is 7.20. The molecule has 1 unspecified atom stereocenters. The van der Waals surface area contributed by atoms with Crippen molar-refractivity contribution >= 4 is 22.6 Å². The molecule has 1 aliphatic carbocycles. The maximum Gasteiger partial charge on any atom is 0.120 e. The normalized spacial score (nSPS) is 17.8. The molecule has 0 N–H and O–H groups in total. The quantitative estimate of drug-likeness (QED) is 0.712. The molecule has 1 aliphatic rings. The Labute approximate surface area is 128 Å². The van der Waals surface area contributed by atoms with Gasteiger partial charge in [0, 0.05) is 9.49 Å². The highest BCUT2D eigenvalue weighted by Crippen LogP contribution is 2.32. The van der Waals surface area contributed by atoms with Crippen LogP contribution in [0.5, 0.6) is 5.75 Å². The second-order valence-corrected chi connectivity index (χ2v) is 6.30. The molecule has 1 nitrogen and oxygen atoms in total. The smallest absolute Gasteiger partial charge is 0.120 e. The highest BCUT2D eigenvalue weighted by Gasteiger charge is 2.20. The lowest BCUT2D eigenvalue weighted by molar-refractivity contribution is 0.274. The predicted octanol–water partition coefficient (Wildman–Crippen LogP) is 4.79. The van der Waals surface area contributed by atoms with Crippen LogP contribution >= 0.6 is 22.6 Å². The monoisotopic (exact) mass is 364 g/mol. The Hall–Kier alpha value is -1.03. The number of halogens is 1. The summed E-state index contributed by atoms with van der Waals surface area (Å²) in [6, 6.07) is 17.1. The number of ether oxygens (including phenoxy) is 1. The van der Waals surface area contributed by atoms with Crippen molar-refractivity contribution in [3.05, 3.63) is 63.2 Å². The van der Waals surface area contributed by atoms with E-state index in [9.17, 15) is 0 Å². The van der Waals surface area contributed by atoms with Gasteiger partial charge in [-0.15, -0.1) is 0 Å². The predicted molar refractivity (Wildman–Crippen MR) is 86.8 cm³/mol. The Morgan fingerprint density at radius 2 is 2.00 bits per heavy atom. The van der Waals surface area contributed by atoms with Gasteiger partial charge in [-0.25, -0.2) is 0 Å². The summed E-state index contributed by atoms with van der Waals surface area (Å²) >= 11 is 2.32. The van der Waals surface area contributed by atoms with Crippen LogP contribution in [0.1, 0.15) is 29.9 Å². The summed E-state index contributed by atoms with van der Waals surface area (Å²) in [6.45, 7) is 0.789. The molecule has 0 fully saturated rings. The number of hydrogen-bond donors (Lipinski definition) is 0. The second-order valence-electron chi connectivity index (χ2n) is 5.06. The fraction of sp³-hybridized carbons (Fsp3) is 0.294. The first kappa shape index (κ1) is 13.0. The minimum Gasteiger partial charge on any atom is -0.493 e. The first-order chi connectivity index (χ1) is 9.33. The molecule has 98 valence electrons. The van der Waals surface area contributed by atoms with E-state index in [4.69, 9.17) is 4.74 Å². The molecule has 0 radical (unpaired) electrons. The van der Waals surface area contributed by atoms with Crippen LogP contribution in [0.15, 0.2) is 48.5 Å². The third-order valence-corrected chi connectivity index (χ3v) is 4.41. The van der Waals surface area contributed by atoms with E-state index in [0.29, 0.717) is 5.92 Å². The van der Waals surface area contributed by atoms with Crippen molar-refractivity contribution in [3.8, 4) is 5.75 Å². The van der Waals surface area contributed by atoms with Crippen molar-refractivity contribution in [2.24, 2.45) is 0 Å². The lowest BCUT2D eigenvalue weighted by Crippen LogP contribution is -2.16. The average molecular weight is 364 g/mol. The van der Waals surface area contributed by atoms with E-state index in [0.717, 1.165) is 12.4 Å². The van der Waals surface area contributed by atoms with Crippen molar-refractivity contribution in [1.82, 2.24) is 0 Å². The molecule has 2 aromatic rings. The summed E-state index contributed by atoms with van der Waals surface area (Å²) in [5.41, 5.74) is 2.99. The van der Waals surface area contributed by atoms with Crippen LogP contribution in [0, 0.1) is 3.57 Å². The third-order valence-electron chi connectivity index (χ3n) is 3.74. The van der Waals surface area contributed by atoms with Gasteiger partial charge >= 0.3 is 0 Å². The lowest BCUT2D eigenvalue weighted by atomic mass is 9.83. The molecule has 0 aromatic heterocycles. The van der Waals surface area contributed by atoms with Gasteiger partial charge in [-0.2, -0.15) is 0 Å². The second kappa shape index (κ2) is 5.95. The van der Waals surface area contributed by atoms with E-state index in [1.54, 1.807) is 0 Å². The Morgan fingerprint density at radius 3 is 2.89 bits per heavy atom. The zero-order valence-electron chi connectivity index (χ0n) is 10.8. The molecule has 2 heteroatoms. The minimum atomic E-state index is 0.544. The van der Waals surface area contributed by atoms with E-state index < -0.39 is 0 Å². The van der Waals surface area contributed by atoms with Gasteiger partial charge < -0.3 is 4.74 Å². The maximum absolute atomic E-state index is 5.98. The first-order valence-corrected chi connectivity index (χ1v) is 7.87. The van der Waals surface area contributed by atoms with Gasteiger partial charge in [0.05, 0.1) is 6.61 Å².